The van der Waals surface area contributed by atoms with E-state index in [0.717, 1.165) is 18.2 Å². The van der Waals surface area contributed by atoms with Gasteiger partial charge in [-0.15, -0.1) is 0 Å². The molecule has 92 valence electrons. The van der Waals surface area contributed by atoms with E-state index in [1.54, 1.807) is 12.1 Å². The summed E-state index contributed by atoms with van der Waals surface area (Å²) in [4.78, 5) is 15.6. The predicted molar refractivity (Wildman–Crippen MR) is 66.2 cm³/mol. The third-order valence-electron chi connectivity index (χ3n) is 2.16. The fraction of sp³-hybridized carbons (Fsp3) is 0. The Morgan fingerprint density at radius 1 is 1.22 bits per heavy atom. The van der Waals surface area contributed by atoms with E-state index in [0.29, 0.717) is 10.3 Å². The predicted octanol–water partition coefficient (Wildman–Crippen LogP) is 3.37. The van der Waals surface area contributed by atoms with Crippen molar-refractivity contribution in [2.24, 2.45) is 0 Å². The fourth-order valence-corrected chi connectivity index (χ4v) is 1.55. The van der Waals surface area contributed by atoms with Gasteiger partial charge in [-0.1, -0.05) is 0 Å². The van der Waals surface area contributed by atoms with Crippen LogP contribution in [0.3, 0.4) is 0 Å². The van der Waals surface area contributed by atoms with Gasteiger partial charge in [0.25, 0.3) is 5.91 Å². The van der Waals surface area contributed by atoms with Gasteiger partial charge in [0.1, 0.15) is 16.2 Å². The first-order valence-corrected chi connectivity index (χ1v) is 5.73. The minimum absolute atomic E-state index is 0.349. The summed E-state index contributed by atoms with van der Waals surface area (Å²) in [6.45, 7) is 0. The zero-order valence-corrected chi connectivity index (χ0v) is 10.5. The Hall–Kier alpha value is -1.82. The Morgan fingerprint density at radius 3 is 2.67 bits per heavy atom. The second kappa shape index (κ2) is 5.22. The maximum Gasteiger partial charge on any atom is 0.258 e. The van der Waals surface area contributed by atoms with Crippen LogP contribution in [-0.2, 0) is 0 Å². The molecule has 0 aliphatic carbocycles. The van der Waals surface area contributed by atoms with E-state index in [1.165, 1.54) is 6.20 Å². The van der Waals surface area contributed by atoms with Crippen LogP contribution in [0.5, 0.6) is 0 Å². The number of rotatable bonds is 2. The van der Waals surface area contributed by atoms with Crippen LogP contribution < -0.4 is 5.32 Å². The number of hydrogen-bond acceptors (Lipinski definition) is 2. The molecule has 0 spiro atoms. The number of hydrogen-bond donors (Lipinski definition) is 1. The highest BCUT2D eigenvalue weighted by molar-refractivity contribution is 9.10. The molecule has 0 radical (unpaired) electrons. The van der Waals surface area contributed by atoms with Crippen LogP contribution in [0.2, 0.25) is 0 Å². The number of carbonyl (C=O) groups excluding carboxylic acids is 1. The Bertz CT molecular complexity index is 587. The molecule has 0 unspecified atom stereocenters. The summed E-state index contributed by atoms with van der Waals surface area (Å²) in [5.41, 5.74) is 0.0461. The molecule has 3 nitrogen and oxygen atoms in total. The molecule has 0 atom stereocenters. The van der Waals surface area contributed by atoms with E-state index in [4.69, 9.17) is 0 Å². The van der Waals surface area contributed by atoms with E-state index >= 15 is 0 Å². The Labute approximate surface area is 110 Å². The van der Waals surface area contributed by atoms with Gasteiger partial charge in [-0.25, -0.2) is 13.8 Å². The van der Waals surface area contributed by atoms with Gasteiger partial charge in [0.15, 0.2) is 0 Å². The van der Waals surface area contributed by atoms with Gasteiger partial charge in [-0.05, 0) is 46.3 Å². The lowest BCUT2D eigenvalue weighted by atomic mass is 10.2. The molecule has 0 bridgehead atoms. The van der Waals surface area contributed by atoms with Crippen molar-refractivity contribution in [3.63, 3.8) is 0 Å². The molecule has 1 N–H and O–H groups in total. The molecule has 0 aliphatic rings. The molecule has 0 saturated heterocycles. The third-order valence-corrected chi connectivity index (χ3v) is 2.63. The summed E-state index contributed by atoms with van der Waals surface area (Å²) < 4.78 is 26.9. The van der Waals surface area contributed by atoms with Gasteiger partial charge in [-0.3, -0.25) is 4.79 Å². The molecule has 0 saturated carbocycles. The van der Waals surface area contributed by atoms with Gasteiger partial charge in [0, 0.05) is 0 Å². The molecular weight excluding hydrogens is 306 g/mol. The Morgan fingerprint density at radius 2 is 2.00 bits per heavy atom. The van der Waals surface area contributed by atoms with Crippen LogP contribution in [0.15, 0.2) is 41.1 Å². The lowest BCUT2D eigenvalue weighted by Crippen LogP contribution is -2.14. The summed E-state index contributed by atoms with van der Waals surface area (Å²) in [6, 6.07) is 5.91. The molecule has 2 rings (SSSR count). The van der Waals surface area contributed by atoms with Crippen molar-refractivity contribution < 1.29 is 13.6 Å². The van der Waals surface area contributed by atoms with E-state index in [2.05, 4.69) is 26.2 Å². The maximum absolute atomic E-state index is 13.3. The van der Waals surface area contributed by atoms with E-state index in [1.807, 2.05) is 0 Å². The first-order valence-electron chi connectivity index (χ1n) is 4.94. The molecule has 1 heterocycles. The maximum atomic E-state index is 13.3. The average Bonchev–Trinajstić information content (AvgIpc) is 2.35. The number of halogens is 3. The van der Waals surface area contributed by atoms with Crippen molar-refractivity contribution in [1.29, 1.82) is 0 Å². The molecule has 2 aromatic rings. The van der Waals surface area contributed by atoms with Crippen LogP contribution in [0.25, 0.3) is 0 Å². The topological polar surface area (TPSA) is 42.0 Å². The van der Waals surface area contributed by atoms with Crippen molar-refractivity contribution >= 4 is 27.5 Å². The number of aromatic nitrogens is 1. The number of pyridine rings is 1. The van der Waals surface area contributed by atoms with Crippen LogP contribution in [0.4, 0.5) is 14.5 Å². The Balaban J connectivity index is 2.21. The molecule has 0 fully saturated rings. The van der Waals surface area contributed by atoms with Gasteiger partial charge >= 0.3 is 0 Å². The van der Waals surface area contributed by atoms with E-state index in [9.17, 15) is 13.6 Å². The molecule has 1 aromatic heterocycles. The van der Waals surface area contributed by atoms with Gasteiger partial charge in [0.05, 0.1) is 17.4 Å². The number of amides is 1. The summed E-state index contributed by atoms with van der Waals surface area (Å²) in [7, 11) is 0. The highest BCUT2D eigenvalue weighted by atomic mass is 79.9. The molecule has 18 heavy (non-hydrogen) atoms. The zero-order valence-electron chi connectivity index (χ0n) is 8.95. The number of nitrogens with one attached hydrogen (secondary N) is 1. The smallest absolute Gasteiger partial charge is 0.258 e. The highest BCUT2D eigenvalue weighted by Gasteiger charge is 2.13. The normalized spacial score (nSPS) is 10.2. The molecule has 6 heteroatoms. The minimum atomic E-state index is -0.779. The summed E-state index contributed by atoms with van der Waals surface area (Å²) in [5.74, 6) is -2.18. The summed E-state index contributed by atoms with van der Waals surface area (Å²) in [6.07, 6.45) is 1.40. The average molecular weight is 313 g/mol. The van der Waals surface area contributed by atoms with Gasteiger partial charge in [0.2, 0.25) is 0 Å². The molecule has 1 aromatic carbocycles. The van der Waals surface area contributed by atoms with E-state index < -0.39 is 17.5 Å². The van der Waals surface area contributed by atoms with Crippen molar-refractivity contribution in [3.8, 4) is 0 Å². The third kappa shape index (κ3) is 2.89. The minimum Gasteiger partial charge on any atom is -0.320 e. The monoisotopic (exact) mass is 312 g/mol. The zero-order chi connectivity index (χ0) is 13.1. The SMILES string of the molecule is O=C(Nc1ccc(Br)nc1)c1cc(F)ccc1F. The Kier molecular flexibility index (Phi) is 3.66. The van der Waals surface area contributed by atoms with Crippen LogP contribution in [-0.4, -0.2) is 10.9 Å². The van der Waals surface area contributed by atoms with Gasteiger partial charge in [-0.2, -0.15) is 0 Å². The molecule has 1 amide bonds. The number of nitrogens with zero attached hydrogens (tertiary/aromatic N) is 1. The highest BCUT2D eigenvalue weighted by Crippen LogP contribution is 2.14. The van der Waals surface area contributed by atoms with Crippen molar-refractivity contribution in [1.82, 2.24) is 4.98 Å². The number of anilines is 1. The lowest BCUT2D eigenvalue weighted by Gasteiger charge is -2.05. The van der Waals surface area contributed by atoms with Crippen LogP contribution in [0, 0.1) is 11.6 Å². The fourth-order valence-electron chi connectivity index (χ4n) is 1.32. The quantitative estimate of drug-likeness (QED) is 0.864. The first kappa shape index (κ1) is 12.6. The van der Waals surface area contributed by atoms with E-state index in [-0.39, 0.29) is 5.56 Å². The second-order valence-electron chi connectivity index (χ2n) is 3.45. The second-order valence-corrected chi connectivity index (χ2v) is 4.26. The van der Waals surface area contributed by atoms with Crippen molar-refractivity contribution in [2.45, 2.75) is 0 Å². The standard InChI is InChI=1S/C12H7BrF2N2O/c13-11-4-2-8(6-16-11)17-12(18)9-5-7(14)1-3-10(9)15/h1-6H,(H,17,18). The summed E-state index contributed by atoms with van der Waals surface area (Å²) >= 11 is 3.14. The molecule has 0 aliphatic heterocycles. The molecular formula is C12H7BrF2N2O. The summed E-state index contributed by atoms with van der Waals surface area (Å²) in [5, 5.41) is 2.42. The van der Waals surface area contributed by atoms with Crippen LogP contribution in [0.1, 0.15) is 10.4 Å². The van der Waals surface area contributed by atoms with Crippen molar-refractivity contribution in [3.05, 3.63) is 58.3 Å². The number of carbonyl (C=O) groups is 1. The number of benzene rings is 1. The van der Waals surface area contributed by atoms with Crippen molar-refractivity contribution in [2.75, 3.05) is 5.32 Å². The lowest BCUT2D eigenvalue weighted by molar-refractivity contribution is 0.102. The van der Waals surface area contributed by atoms with Crippen LogP contribution >= 0.6 is 15.9 Å². The largest absolute Gasteiger partial charge is 0.320 e. The van der Waals surface area contributed by atoms with Gasteiger partial charge < -0.3 is 5.32 Å². The first-order chi connectivity index (χ1) is 8.56.